The molecule has 0 radical (unpaired) electrons. The van der Waals surface area contributed by atoms with Crippen molar-refractivity contribution in [1.82, 2.24) is 9.80 Å². The third kappa shape index (κ3) is 6.07. The first-order chi connectivity index (χ1) is 14.3. The second-order valence-electron chi connectivity index (χ2n) is 7.16. The minimum absolute atomic E-state index is 0.145. The quantitative estimate of drug-likeness (QED) is 0.665. The second kappa shape index (κ2) is 10.1. The molecule has 1 aliphatic heterocycles. The summed E-state index contributed by atoms with van der Waals surface area (Å²) in [6, 6.07) is 9.67. The predicted octanol–water partition coefficient (Wildman–Crippen LogP) is 3.31. The van der Waals surface area contributed by atoms with Crippen LogP contribution in [0.5, 0.6) is 0 Å². The SMILES string of the molecule is CC(C(=O)Nc1ccc(Br)cc1F)N1CCN(CC(=O)Nc2ccc(F)cc2)CC1. The molecule has 160 valence electrons. The summed E-state index contributed by atoms with van der Waals surface area (Å²) in [7, 11) is 0. The maximum absolute atomic E-state index is 13.9. The number of hydrogen-bond donors (Lipinski definition) is 2. The molecule has 2 aromatic carbocycles. The van der Waals surface area contributed by atoms with Crippen LogP contribution in [0.4, 0.5) is 20.2 Å². The summed E-state index contributed by atoms with van der Waals surface area (Å²) in [5.74, 6) is -1.31. The van der Waals surface area contributed by atoms with Gasteiger partial charge in [0, 0.05) is 36.3 Å². The van der Waals surface area contributed by atoms with E-state index in [0.29, 0.717) is 36.3 Å². The first kappa shape index (κ1) is 22.3. The normalized spacial score (nSPS) is 16.1. The third-order valence-electron chi connectivity index (χ3n) is 5.02. The average molecular weight is 481 g/mol. The van der Waals surface area contributed by atoms with Gasteiger partial charge in [-0.25, -0.2) is 8.78 Å². The molecule has 1 saturated heterocycles. The van der Waals surface area contributed by atoms with Gasteiger partial charge in [-0.1, -0.05) is 15.9 Å². The largest absolute Gasteiger partial charge is 0.325 e. The highest BCUT2D eigenvalue weighted by atomic mass is 79.9. The molecule has 1 atom stereocenters. The highest BCUT2D eigenvalue weighted by Crippen LogP contribution is 2.20. The fraction of sp³-hybridized carbons (Fsp3) is 0.333. The van der Waals surface area contributed by atoms with E-state index in [-0.39, 0.29) is 29.9 Å². The molecule has 0 spiro atoms. The predicted molar refractivity (Wildman–Crippen MR) is 115 cm³/mol. The number of rotatable bonds is 6. The molecule has 0 saturated carbocycles. The Morgan fingerprint density at radius 3 is 2.33 bits per heavy atom. The summed E-state index contributed by atoms with van der Waals surface area (Å²) in [6.07, 6.45) is 0. The number of benzene rings is 2. The van der Waals surface area contributed by atoms with Crippen molar-refractivity contribution in [3.63, 3.8) is 0 Å². The zero-order chi connectivity index (χ0) is 21.7. The van der Waals surface area contributed by atoms with Gasteiger partial charge in [-0.05, 0) is 49.4 Å². The van der Waals surface area contributed by atoms with E-state index >= 15 is 0 Å². The lowest BCUT2D eigenvalue weighted by Gasteiger charge is -2.37. The van der Waals surface area contributed by atoms with E-state index in [9.17, 15) is 18.4 Å². The van der Waals surface area contributed by atoms with Crippen LogP contribution in [0.15, 0.2) is 46.9 Å². The zero-order valence-corrected chi connectivity index (χ0v) is 18.1. The molecule has 1 aliphatic rings. The van der Waals surface area contributed by atoms with Crippen molar-refractivity contribution in [1.29, 1.82) is 0 Å². The van der Waals surface area contributed by atoms with Gasteiger partial charge in [-0.3, -0.25) is 19.4 Å². The van der Waals surface area contributed by atoms with Gasteiger partial charge in [0.25, 0.3) is 0 Å². The lowest BCUT2D eigenvalue weighted by atomic mass is 10.2. The second-order valence-corrected chi connectivity index (χ2v) is 8.07. The van der Waals surface area contributed by atoms with Crippen LogP contribution in [0.2, 0.25) is 0 Å². The third-order valence-corrected chi connectivity index (χ3v) is 5.51. The summed E-state index contributed by atoms with van der Waals surface area (Å²) in [5.41, 5.74) is 0.691. The molecule has 3 rings (SSSR count). The van der Waals surface area contributed by atoms with Gasteiger partial charge in [-0.2, -0.15) is 0 Å². The number of halogens is 3. The monoisotopic (exact) mass is 480 g/mol. The highest BCUT2D eigenvalue weighted by Gasteiger charge is 2.26. The summed E-state index contributed by atoms with van der Waals surface area (Å²) < 4.78 is 27.5. The van der Waals surface area contributed by atoms with E-state index in [2.05, 4.69) is 26.6 Å². The number of nitrogens with zero attached hydrogens (tertiary/aromatic N) is 2. The maximum Gasteiger partial charge on any atom is 0.241 e. The van der Waals surface area contributed by atoms with E-state index in [1.807, 2.05) is 9.80 Å². The van der Waals surface area contributed by atoms with Gasteiger partial charge in [0.05, 0.1) is 18.3 Å². The van der Waals surface area contributed by atoms with Crippen molar-refractivity contribution >= 4 is 39.1 Å². The van der Waals surface area contributed by atoms with Gasteiger partial charge < -0.3 is 10.6 Å². The van der Waals surface area contributed by atoms with Crippen molar-refractivity contribution in [2.75, 3.05) is 43.4 Å². The van der Waals surface area contributed by atoms with Gasteiger partial charge >= 0.3 is 0 Å². The fourth-order valence-corrected chi connectivity index (χ4v) is 3.57. The molecule has 2 aromatic rings. The Hall–Kier alpha value is -2.36. The molecular formula is C21H23BrF2N4O2. The Balaban J connectivity index is 1.45. The number of nitrogens with one attached hydrogen (secondary N) is 2. The van der Waals surface area contributed by atoms with Crippen LogP contribution in [0, 0.1) is 11.6 Å². The molecule has 6 nitrogen and oxygen atoms in total. The summed E-state index contributed by atoms with van der Waals surface area (Å²) in [4.78, 5) is 28.7. The van der Waals surface area contributed by atoms with Gasteiger partial charge in [0.15, 0.2) is 0 Å². The number of carbonyl (C=O) groups is 2. The van der Waals surface area contributed by atoms with Gasteiger partial charge in [0.1, 0.15) is 11.6 Å². The Morgan fingerprint density at radius 2 is 1.70 bits per heavy atom. The van der Waals surface area contributed by atoms with Crippen molar-refractivity contribution in [3.05, 3.63) is 58.6 Å². The number of piperazine rings is 1. The van der Waals surface area contributed by atoms with Crippen LogP contribution in [0.1, 0.15) is 6.92 Å². The molecule has 1 heterocycles. The molecule has 30 heavy (non-hydrogen) atoms. The van der Waals surface area contributed by atoms with Gasteiger partial charge in [0.2, 0.25) is 11.8 Å². The Labute approximate surface area is 182 Å². The molecule has 1 unspecified atom stereocenters. The van der Waals surface area contributed by atoms with Crippen LogP contribution in [-0.2, 0) is 9.59 Å². The summed E-state index contributed by atoms with van der Waals surface area (Å²) in [5, 5.41) is 5.37. The van der Waals surface area contributed by atoms with E-state index in [1.54, 1.807) is 13.0 Å². The van der Waals surface area contributed by atoms with Crippen LogP contribution >= 0.6 is 15.9 Å². The zero-order valence-electron chi connectivity index (χ0n) is 16.5. The smallest absolute Gasteiger partial charge is 0.241 e. The number of amides is 2. The number of anilines is 2. The molecule has 2 amide bonds. The van der Waals surface area contributed by atoms with Crippen molar-refractivity contribution in [2.45, 2.75) is 13.0 Å². The Bertz CT molecular complexity index is 902. The van der Waals surface area contributed by atoms with Crippen LogP contribution in [-0.4, -0.2) is 60.4 Å². The minimum atomic E-state index is -0.498. The maximum atomic E-state index is 13.9. The highest BCUT2D eigenvalue weighted by molar-refractivity contribution is 9.10. The Kier molecular flexibility index (Phi) is 7.52. The standard InChI is InChI=1S/C21H23BrF2N4O2/c1-14(21(30)26-19-7-2-15(22)12-18(19)24)28-10-8-27(9-11-28)13-20(29)25-17-5-3-16(23)4-6-17/h2-7,12,14H,8-11,13H2,1H3,(H,25,29)(H,26,30). The molecule has 0 bridgehead atoms. The van der Waals surface area contributed by atoms with Crippen molar-refractivity contribution in [3.8, 4) is 0 Å². The van der Waals surface area contributed by atoms with E-state index in [1.165, 1.54) is 36.4 Å². The van der Waals surface area contributed by atoms with E-state index < -0.39 is 11.9 Å². The van der Waals surface area contributed by atoms with Crippen LogP contribution in [0.3, 0.4) is 0 Å². The average Bonchev–Trinajstić information content (AvgIpc) is 2.71. The lowest BCUT2D eigenvalue weighted by molar-refractivity contribution is -0.122. The lowest BCUT2D eigenvalue weighted by Crippen LogP contribution is -2.53. The molecule has 0 aromatic heterocycles. The minimum Gasteiger partial charge on any atom is -0.325 e. The molecule has 2 N–H and O–H groups in total. The summed E-state index contributed by atoms with van der Waals surface area (Å²) >= 11 is 3.19. The number of carbonyl (C=O) groups excluding carboxylic acids is 2. The summed E-state index contributed by atoms with van der Waals surface area (Å²) in [6.45, 7) is 4.48. The van der Waals surface area contributed by atoms with Crippen molar-refractivity contribution < 1.29 is 18.4 Å². The van der Waals surface area contributed by atoms with Crippen LogP contribution < -0.4 is 10.6 Å². The fourth-order valence-electron chi connectivity index (χ4n) is 3.24. The molecule has 1 fully saturated rings. The van der Waals surface area contributed by atoms with E-state index in [0.717, 1.165) is 0 Å². The first-order valence-electron chi connectivity index (χ1n) is 9.59. The molecular weight excluding hydrogens is 458 g/mol. The van der Waals surface area contributed by atoms with Crippen LogP contribution in [0.25, 0.3) is 0 Å². The molecule has 0 aliphatic carbocycles. The Morgan fingerprint density at radius 1 is 1.03 bits per heavy atom. The van der Waals surface area contributed by atoms with E-state index in [4.69, 9.17) is 0 Å². The first-order valence-corrected chi connectivity index (χ1v) is 10.4. The van der Waals surface area contributed by atoms with Gasteiger partial charge in [-0.15, -0.1) is 0 Å². The van der Waals surface area contributed by atoms with Crippen molar-refractivity contribution in [2.24, 2.45) is 0 Å². The number of hydrogen-bond acceptors (Lipinski definition) is 4. The molecule has 9 heteroatoms. The topological polar surface area (TPSA) is 64.7 Å².